The van der Waals surface area contributed by atoms with Gasteiger partial charge in [0.05, 0.1) is 11.1 Å². The summed E-state index contributed by atoms with van der Waals surface area (Å²) in [6, 6.07) is -0.579. The normalized spacial score (nSPS) is 21.2. The van der Waals surface area contributed by atoms with E-state index in [2.05, 4.69) is 22.5 Å². The monoisotopic (exact) mass is 405 g/mol. The van der Waals surface area contributed by atoms with E-state index in [0.717, 1.165) is 25.1 Å². The fraction of sp³-hybridized carbons (Fsp3) is 0.471. The van der Waals surface area contributed by atoms with Crippen molar-refractivity contribution < 1.29 is 9.59 Å². The maximum Gasteiger partial charge on any atom is 0.348 e. The van der Waals surface area contributed by atoms with Gasteiger partial charge in [0.1, 0.15) is 15.7 Å². The SMILES string of the molecule is Cc1c(NC(=O)N=C2NC(=O)CS2)sc2nc3n(c(=O)c12)CC[C@@H](C)CC3. The van der Waals surface area contributed by atoms with E-state index in [0.29, 0.717) is 33.2 Å². The Morgan fingerprint density at radius 2 is 2.19 bits per heavy atom. The third kappa shape index (κ3) is 3.51. The highest BCUT2D eigenvalue weighted by Gasteiger charge is 2.22. The predicted octanol–water partition coefficient (Wildman–Crippen LogP) is 2.49. The van der Waals surface area contributed by atoms with Gasteiger partial charge < -0.3 is 5.32 Å². The Hall–Kier alpha value is -2.20. The van der Waals surface area contributed by atoms with Crippen LogP contribution in [0.2, 0.25) is 0 Å². The molecular formula is C17H19N5O3S2. The highest BCUT2D eigenvalue weighted by molar-refractivity contribution is 8.15. The largest absolute Gasteiger partial charge is 0.348 e. The number of carbonyl (C=O) groups excluding carboxylic acids is 2. The first-order chi connectivity index (χ1) is 12.9. The maximum absolute atomic E-state index is 13.0. The molecule has 0 radical (unpaired) electrons. The summed E-state index contributed by atoms with van der Waals surface area (Å²) in [7, 11) is 0. The first kappa shape index (κ1) is 18.2. The molecule has 2 N–H and O–H groups in total. The lowest BCUT2D eigenvalue weighted by Gasteiger charge is -2.08. The minimum absolute atomic E-state index is 0.0386. The molecule has 2 aromatic heterocycles. The summed E-state index contributed by atoms with van der Waals surface area (Å²) in [6.45, 7) is 4.69. The van der Waals surface area contributed by atoms with Crippen LogP contribution in [0.5, 0.6) is 0 Å². The average Bonchev–Trinajstić information content (AvgIpc) is 3.08. The smallest absolute Gasteiger partial charge is 0.304 e. The van der Waals surface area contributed by atoms with Crippen molar-refractivity contribution in [1.29, 1.82) is 0 Å². The molecule has 0 bridgehead atoms. The Bertz CT molecular complexity index is 1040. The second-order valence-electron chi connectivity index (χ2n) is 6.84. The molecule has 2 aliphatic rings. The summed E-state index contributed by atoms with van der Waals surface area (Å²) < 4.78 is 1.78. The van der Waals surface area contributed by atoms with Crippen molar-refractivity contribution in [3.05, 3.63) is 21.7 Å². The first-order valence-electron chi connectivity index (χ1n) is 8.77. The number of aliphatic imine (C=N–C) groups is 1. The summed E-state index contributed by atoms with van der Waals surface area (Å²) >= 11 is 2.47. The molecule has 2 aliphatic heterocycles. The standard InChI is InChI=1S/C17H19N5O3S2/c1-8-3-4-10-18-14-12(15(24)22(10)6-5-8)9(2)13(27-14)20-16(25)21-17-19-11(23)7-26-17/h8H,3-7H2,1-2H3,(H2,19,20,21,23,25)/t8-/m0/s1. The van der Waals surface area contributed by atoms with Gasteiger partial charge in [-0.3, -0.25) is 19.5 Å². The lowest BCUT2D eigenvalue weighted by atomic mass is 10.0. The molecule has 0 aromatic carbocycles. The number of aromatic nitrogens is 2. The quantitative estimate of drug-likeness (QED) is 0.758. The number of aryl methyl sites for hydroxylation is 2. The molecule has 8 nitrogen and oxygen atoms in total. The molecule has 27 heavy (non-hydrogen) atoms. The molecule has 3 amide bonds. The molecule has 4 rings (SSSR count). The van der Waals surface area contributed by atoms with E-state index < -0.39 is 6.03 Å². The Labute approximate surface area is 163 Å². The number of anilines is 1. The molecular weight excluding hydrogens is 386 g/mol. The number of fused-ring (bicyclic) bond motifs is 2. The second kappa shape index (κ2) is 7.08. The maximum atomic E-state index is 13.0. The van der Waals surface area contributed by atoms with Crippen LogP contribution in [0.15, 0.2) is 9.79 Å². The Balaban J connectivity index is 1.67. The number of rotatable bonds is 1. The highest BCUT2D eigenvalue weighted by Crippen LogP contribution is 2.33. The number of thiophene rings is 1. The van der Waals surface area contributed by atoms with Crippen molar-refractivity contribution in [2.45, 2.75) is 39.7 Å². The Morgan fingerprint density at radius 1 is 1.37 bits per heavy atom. The third-order valence-corrected chi connectivity index (χ3v) is 6.82. The molecule has 142 valence electrons. The zero-order valence-corrected chi connectivity index (χ0v) is 16.6. The van der Waals surface area contributed by atoms with Crippen LogP contribution in [0.1, 0.15) is 31.2 Å². The van der Waals surface area contributed by atoms with E-state index in [9.17, 15) is 14.4 Å². The van der Waals surface area contributed by atoms with E-state index in [-0.39, 0.29) is 22.4 Å². The predicted molar refractivity (Wildman–Crippen MR) is 108 cm³/mol. The van der Waals surface area contributed by atoms with Crippen LogP contribution in [0.3, 0.4) is 0 Å². The summed E-state index contributed by atoms with van der Waals surface area (Å²) in [5, 5.41) is 6.65. The van der Waals surface area contributed by atoms with E-state index in [1.54, 1.807) is 4.57 Å². The number of thioether (sulfide) groups is 1. The first-order valence-corrected chi connectivity index (χ1v) is 10.6. The van der Waals surface area contributed by atoms with Crippen LogP contribution in [0.25, 0.3) is 10.2 Å². The minimum Gasteiger partial charge on any atom is -0.304 e. The number of nitrogens with zero attached hydrogens (tertiary/aromatic N) is 3. The number of nitrogens with one attached hydrogen (secondary N) is 2. The molecule has 10 heteroatoms. The number of amides is 3. The minimum atomic E-state index is -0.579. The fourth-order valence-corrected chi connectivity index (χ4v) is 5.03. The third-order valence-electron chi connectivity index (χ3n) is 4.85. The summed E-state index contributed by atoms with van der Waals surface area (Å²) in [5.41, 5.74) is 0.667. The van der Waals surface area contributed by atoms with E-state index in [4.69, 9.17) is 4.98 Å². The fourth-order valence-electron chi connectivity index (χ4n) is 3.27. The summed E-state index contributed by atoms with van der Waals surface area (Å²) in [5.74, 6) is 1.49. The molecule has 4 heterocycles. The zero-order valence-electron chi connectivity index (χ0n) is 15.0. The van der Waals surface area contributed by atoms with Crippen molar-refractivity contribution in [1.82, 2.24) is 14.9 Å². The zero-order chi connectivity index (χ0) is 19.1. The van der Waals surface area contributed by atoms with Gasteiger partial charge in [0.25, 0.3) is 5.56 Å². The van der Waals surface area contributed by atoms with Gasteiger partial charge in [0.15, 0.2) is 5.17 Å². The van der Waals surface area contributed by atoms with Gasteiger partial charge in [0.2, 0.25) is 5.91 Å². The lowest BCUT2D eigenvalue weighted by molar-refractivity contribution is -0.116. The van der Waals surface area contributed by atoms with Crippen LogP contribution in [0, 0.1) is 12.8 Å². The second-order valence-corrected chi connectivity index (χ2v) is 8.80. The lowest BCUT2D eigenvalue weighted by Crippen LogP contribution is -2.24. The molecule has 1 fully saturated rings. The molecule has 2 aromatic rings. The summed E-state index contributed by atoms with van der Waals surface area (Å²) in [4.78, 5) is 45.6. The van der Waals surface area contributed by atoms with E-state index in [1.807, 2.05) is 6.92 Å². The van der Waals surface area contributed by atoms with Crippen molar-refractivity contribution in [3.63, 3.8) is 0 Å². The van der Waals surface area contributed by atoms with Crippen LogP contribution in [-0.2, 0) is 17.8 Å². The van der Waals surface area contributed by atoms with Gasteiger partial charge in [-0.25, -0.2) is 9.78 Å². The van der Waals surface area contributed by atoms with Gasteiger partial charge in [-0.2, -0.15) is 4.99 Å². The molecule has 1 saturated heterocycles. The summed E-state index contributed by atoms with van der Waals surface area (Å²) in [6.07, 6.45) is 2.77. The Kier molecular flexibility index (Phi) is 4.77. The van der Waals surface area contributed by atoms with Gasteiger partial charge in [-0.05, 0) is 31.2 Å². The van der Waals surface area contributed by atoms with Crippen LogP contribution in [0.4, 0.5) is 9.80 Å². The van der Waals surface area contributed by atoms with Gasteiger partial charge in [-0.15, -0.1) is 0 Å². The van der Waals surface area contributed by atoms with E-state index in [1.165, 1.54) is 23.1 Å². The van der Waals surface area contributed by atoms with Crippen LogP contribution >= 0.6 is 23.1 Å². The molecule has 0 aliphatic carbocycles. The van der Waals surface area contributed by atoms with Gasteiger partial charge in [-0.1, -0.05) is 30.0 Å². The van der Waals surface area contributed by atoms with Gasteiger partial charge in [0, 0.05) is 13.0 Å². The highest BCUT2D eigenvalue weighted by atomic mass is 32.2. The molecule has 0 unspecified atom stereocenters. The number of hydrogen-bond acceptors (Lipinski definition) is 6. The number of amidine groups is 1. The van der Waals surface area contributed by atoms with Crippen molar-refractivity contribution in [2.24, 2.45) is 10.9 Å². The van der Waals surface area contributed by atoms with Crippen molar-refractivity contribution in [2.75, 3.05) is 11.1 Å². The number of urea groups is 1. The van der Waals surface area contributed by atoms with Crippen molar-refractivity contribution in [3.8, 4) is 0 Å². The van der Waals surface area contributed by atoms with Gasteiger partial charge >= 0.3 is 6.03 Å². The van der Waals surface area contributed by atoms with Crippen molar-refractivity contribution >= 4 is 55.4 Å². The van der Waals surface area contributed by atoms with Crippen LogP contribution in [-0.4, -0.2) is 32.4 Å². The Morgan fingerprint density at radius 3 is 2.93 bits per heavy atom. The number of hydrogen-bond donors (Lipinski definition) is 2. The van der Waals surface area contributed by atoms with E-state index >= 15 is 0 Å². The number of carbonyl (C=O) groups is 2. The molecule has 1 atom stereocenters. The topological polar surface area (TPSA) is 105 Å². The molecule has 0 spiro atoms. The van der Waals surface area contributed by atoms with Crippen LogP contribution < -0.4 is 16.2 Å². The average molecular weight is 406 g/mol. The molecule has 0 saturated carbocycles.